The number of fused-ring (bicyclic) bond motifs is 1. The largest absolute Gasteiger partial charge is 0.458 e. The summed E-state index contributed by atoms with van der Waals surface area (Å²) in [5.74, 6) is -2.10. The van der Waals surface area contributed by atoms with Gasteiger partial charge in [-0.1, -0.05) is 24.3 Å². The summed E-state index contributed by atoms with van der Waals surface area (Å²) in [7, 11) is 0. The number of rotatable bonds is 4. The SMILES string of the molecule is C=C1C(=O)O[C@@H]2/C=C(/C)[C@@H](OC(C)=O)CC=C(C)C[C@@H](C(=O)/C(C)=C\CO)[C@@H]12. The van der Waals surface area contributed by atoms with E-state index < -0.39 is 30.0 Å². The van der Waals surface area contributed by atoms with Crippen LogP contribution in [0.5, 0.6) is 0 Å². The quantitative estimate of drug-likeness (QED) is 0.452. The molecule has 1 aliphatic carbocycles. The average Bonchev–Trinajstić information content (AvgIpc) is 2.89. The van der Waals surface area contributed by atoms with Crippen molar-refractivity contribution in [3.05, 3.63) is 47.1 Å². The van der Waals surface area contributed by atoms with Crippen LogP contribution in [0.3, 0.4) is 0 Å². The van der Waals surface area contributed by atoms with E-state index >= 15 is 0 Å². The molecule has 2 aliphatic rings. The molecule has 0 unspecified atom stereocenters. The lowest BCUT2D eigenvalue weighted by atomic mass is 9.75. The molecule has 28 heavy (non-hydrogen) atoms. The van der Waals surface area contributed by atoms with E-state index in [4.69, 9.17) is 14.6 Å². The van der Waals surface area contributed by atoms with Crippen LogP contribution < -0.4 is 0 Å². The lowest BCUT2D eigenvalue weighted by Crippen LogP contribution is -2.32. The first-order chi connectivity index (χ1) is 13.1. The first-order valence-electron chi connectivity index (χ1n) is 9.38. The summed E-state index contributed by atoms with van der Waals surface area (Å²) in [5, 5.41) is 9.15. The van der Waals surface area contributed by atoms with Gasteiger partial charge in [0.05, 0.1) is 6.61 Å². The van der Waals surface area contributed by atoms with E-state index in [2.05, 4.69) is 6.58 Å². The van der Waals surface area contributed by atoms with Gasteiger partial charge in [-0.15, -0.1) is 0 Å². The molecule has 0 aromatic heterocycles. The number of carbonyl (C=O) groups is 3. The maximum absolute atomic E-state index is 13.1. The second-order valence-corrected chi connectivity index (χ2v) is 7.46. The topological polar surface area (TPSA) is 89.9 Å². The van der Waals surface area contributed by atoms with Crippen LogP contribution in [0.1, 0.15) is 40.5 Å². The molecule has 0 radical (unpaired) electrons. The first-order valence-corrected chi connectivity index (χ1v) is 9.38. The lowest BCUT2D eigenvalue weighted by Gasteiger charge is -2.28. The molecule has 0 aromatic rings. The standard InChI is InChI=1S/C22H28O6/c1-12-6-7-18(27-16(5)24)14(3)11-19-20(15(4)22(26)28-19)17(10-12)21(25)13(2)8-9-23/h6,8,11,17-20,23H,4,7,9-10H2,1-3,5H3/b12-6?,13-8-,14-11-/t17-,18+,19-,20-/m1/s1. The highest BCUT2D eigenvalue weighted by Gasteiger charge is 2.45. The Balaban J connectivity index is 2.51. The molecule has 0 bridgehead atoms. The van der Waals surface area contributed by atoms with Gasteiger partial charge in [0.2, 0.25) is 0 Å². The molecular formula is C22H28O6. The van der Waals surface area contributed by atoms with Crippen molar-refractivity contribution in [2.24, 2.45) is 11.8 Å². The number of hydrogen-bond acceptors (Lipinski definition) is 6. The molecule has 1 saturated heterocycles. The van der Waals surface area contributed by atoms with Gasteiger partial charge in [-0.2, -0.15) is 0 Å². The molecule has 6 heteroatoms. The van der Waals surface area contributed by atoms with Crippen LogP contribution in [-0.4, -0.2) is 41.6 Å². The van der Waals surface area contributed by atoms with E-state index in [0.717, 1.165) is 11.1 Å². The second-order valence-electron chi connectivity index (χ2n) is 7.46. The van der Waals surface area contributed by atoms with Gasteiger partial charge in [0, 0.05) is 30.8 Å². The summed E-state index contributed by atoms with van der Waals surface area (Å²) in [6.45, 7) is 10.4. The van der Waals surface area contributed by atoms with Gasteiger partial charge in [-0.3, -0.25) is 9.59 Å². The summed E-state index contributed by atoms with van der Waals surface area (Å²) in [5.41, 5.74) is 2.42. The predicted molar refractivity (Wildman–Crippen MR) is 104 cm³/mol. The zero-order valence-corrected chi connectivity index (χ0v) is 16.9. The van der Waals surface area contributed by atoms with Crippen LogP contribution in [0.4, 0.5) is 0 Å². The molecule has 152 valence electrons. The van der Waals surface area contributed by atoms with Crippen molar-refractivity contribution in [2.75, 3.05) is 6.61 Å². The summed E-state index contributed by atoms with van der Waals surface area (Å²) >= 11 is 0. The minimum atomic E-state index is -0.653. The van der Waals surface area contributed by atoms with Gasteiger partial charge in [0.1, 0.15) is 12.2 Å². The number of Topliss-reactive ketones (excluding diaryl/α,β-unsaturated/α-hetero) is 1. The van der Waals surface area contributed by atoms with E-state index in [1.165, 1.54) is 13.0 Å². The Morgan fingerprint density at radius 1 is 1.36 bits per heavy atom. The number of esters is 2. The molecule has 0 aromatic carbocycles. The van der Waals surface area contributed by atoms with Crippen molar-refractivity contribution in [3.8, 4) is 0 Å². The number of aliphatic hydroxyl groups is 1. The Morgan fingerprint density at radius 3 is 2.64 bits per heavy atom. The molecular weight excluding hydrogens is 360 g/mol. The van der Waals surface area contributed by atoms with Gasteiger partial charge >= 0.3 is 11.9 Å². The Bertz CT molecular complexity index is 770. The molecule has 1 fully saturated rings. The Hall–Kier alpha value is -2.47. The highest BCUT2D eigenvalue weighted by Crippen LogP contribution is 2.39. The minimum absolute atomic E-state index is 0.139. The molecule has 0 spiro atoms. The van der Waals surface area contributed by atoms with Crippen molar-refractivity contribution >= 4 is 17.7 Å². The molecule has 0 amide bonds. The second kappa shape index (κ2) is 9.15. The van der Waals surface area contributed by atoms with E-state index in [1.54, 1.807) is 13.0 Å². The number of ketones is 1. The van der Waals surface area contributed by atoms with Gasteiger partial charge in [0.15, 0.2) is 5.78 Å². The fourth-order valence-corrected chi connectivity index (χ4v) is 3.76. The highest BCUT2D eigenvalue weighted by molar-refractivity contribution is 5.99. The third-order valence-electron chi connectivity index (χ3n) is 5.28. The zero-order valence-electron chi connectivity index (χ0n) is 16.9. The van der Waals surface area contributed by atoms with E-state index in [0.29, 0.717) is 18.4 Å². The molecule has 0 saturated carbocycles. The van der Waals surface area contributed by atoms with Crippen LogP contribution >= 0.6 is 0 Å². The average molecular weight is 388 g/mol. The summed E-state index contributed by atoms with van der Waals surface area (Å²) in [6.07, 6.45) is 4.97. The third kappa shape index (κ3) is 4.87. The Labute approximate surface area is 165 Å². The van der Waals surface area contributed by atoms with Crippen molar-refractivity contribution in [2.45, 2.75) is 52.7 Å². The van der Waals surface area contributed by atoms with E-state index in [1.807, 2.05) is 19.9 Å². The van der Waals surface area contributed by atoms with Crippen LogP contribution in [0, 0.1) is 11.8 Å². The lowest BCUT2D eigenvalue weighted by molar-refractivity contribution is -0.144. The number of carbonyl (C=O) groups excluding carboxylic acids is 3. The van der Waals surface area contributed by atoms with Gasteiger partial charge in [-0.25, -0.2) is 4.79 Å². The summed E-state index contributed by atoms with van der Waals surface area (Å²) < 4.78 is 10.9. The summed E-state index contributed by atoms with van der Waals surface area (Å²) in [4.78, 5) is 36.8. The molecule has 1 aliphatic heterocycles. The fraction of sp³-hybridized carbons (Fsp3) is 0.500. The Morgan fingerprint density at radius 2 is 2.04 bits per heavy atom. The van der Waals surface area contributed by atoms with Crippen LogP contribution in [0.25, 0.3) is 0 Å². The van der Waals surface area contributed by atoms with Crippen molar-refractivity contribution in [3.63, 3.8) is 0 Å². The van der Waals surface area contributed by atoms with Gasteiger partial charge in [-0.05, 0) is 44.4 Å². The molecule has 1 N–H and O–H groups in total. The maximum Gasteiger partial charge on any atom is 0.334 e. The number of hydrogen-bond donors (Lipinski definition) is 1. The van der Waals surface area contributed by atoms with Gasteiger partial charge in [0.25, 0.3) is 0 Å². The number of aliphatic hydroxyl groups excluding tert-OH is 1. The Kier molecular flexibility index (Phi) is 7.13. The molecule has 2 rings (SSSR count). The van der Waals surface area contributed by atoms with E-state index in [9.17, 15) is 14.4 Å². The van der Waals surface area contributed by atoms with Crippen molar-refractivity contribution in [1.29, 1.82) is 0 Å². The first kappa shape index (κ1) is 21.8. The third-order valence-corrected chi connectivity index (χ3v) is 5.28. The molecule has 6 nitrogen and oxygen atoms in total. The normalized spacial score (nSPS) is 30.5. The zero-order chi connectivity index (χ0) is 21.0. The fourth-order valence-electron chi connectivity index (χ4n) is 3.76. The van der Waals surface area contributed by atoms with Crippen LogP contribution in [0.15, 0.2) is 47.1 Å². The predicted octanol–water partition coefficient (Wildman–Crippen LogP) is 2.83. The van der Waals surface area contributed by atoms with Crippen LogP contribution in [-0.2, 0) is 23.9 Å². The smallest absolute Gasteiger partial charge is 0.334 e. The maximum atomic E-state index is 13.1. The summed E-state index contributed by atoms with van der Waals surface area (Å²) in [6, 6.07) is 0. The molecule has 4 atom stereocenters. The van der Waals surface area contributed by atoms with Crippen molar-refractivity contribution in [1.82, 2.24) is 0 Å². The number of ether oxygens (including phenoxy) is 2. The van der Waals surface area contributed by atoms with E-state index in [-0.39, 0.29) is 23.9 Å². The molecule has 1 heterocycles. The minimum Gasteiger partial charge on any atom is -0.458 e. The monoisotopic (exact) mass is 388 g/mol. The van der Waals surface area contributed by atoms with Crippen molar-refractivity contribution < 1.29 is 29.0 Å². The number of allylic oxidation sites excluding steroid dienone is 2. The van der Waals surface area contributed by atoms with Gasteiger partial charge < -0.3 is 14.6 Å². The highest BCUT2D eigenvalue weighted by atomic mass is 16.6. The van der Waals surface area contributed by atoms with Crippen LogP contribution in [0.2, 0.25) is 0 Å².